The molecule has 0 spiro atoms. The van der Waals surface area contributed by atoms with E-state index >= 15 is 0 Å². The van der Waals surface area contributed by atoms with Crippen LogP contribution in [0, 0.1) is 33.3 Å². The van der Waals surface area contributed by atoms with E-state index in [4.69, 9.17) is 21.7 Å². The van der Waals surface area contributed by atoms with Crippen LogP contribution >= 0.6 is 24.0 Å². The van der Waals surface area contributed by atoms with Crippen molar-refractivity contribution in [2.24, 2.45) is 23.2 Å². The molecule has 0 radical (unpaired) electrons. The summed E-state index contributed by atoms with van der Waals surface area (Å²) in [7, 11) is 1.45. The number of thioether (sulfide) groups is 1. The number of non-ortho nitro benzene ring substituents is 1. The third-order valence-corrected chi connectivity index (χ3v) is 10.0. The Morgan fingerprint density at radius 3 is 2.47 bits per heavy atom. The van der Waals surface area contributed by atoms with Crippen molar-refractivity contribution < 1.29 is 28.8 Å². The number of thiocarbonyl (C=S) groups is 1. The highest BCUT2D eigenvalue weighted by atomic mass is 32.2. The molecular weight excluding hydrogens is 592 g/mol. The van der Waals surface area contributed by atoms with Crippen LogP contribution in [0.25, 0.3) is 6.08 Å². The van der Waals surface area contributed by atoms with E-state index in [-0.39, 0.29) is 34.1 Å². The number of ether oxygens (including phenoxy) is 2. The molecule has 1 heterocycles. The molecule has 13 heteroatoms. The van der Waals surface area contributed by atoms with Gasteiger partial charge in [0.25, 0.3) is 17.5 Å². The van der Waals surface area contributed by atoms with Gasteiger partial charge in [0.15, 0.2) is 22.4 Å². The standard InChI is InChI=1S/C30H30N4O7S2/c1-40-24-10-17(5-6-23(24)41-16-26(35)31-21-3-2-4-22(12-21)34(38)39)11-25-27(36)33(29(42)43-25)32-28(37)30-13-18-7-19(14-30)9-20(8-18)15-30/h2-6,10-12,18-20H,7-9,13-16H2,1H3,(H,31,35)(H,32,37)/b25-11-. The molecule has 2 N–H and O–H groups in total. The van der Waals surface area contributed by atoms with Crippen molar-refractivity contribution in [2.75, 3.05) is 19.0 Å². The second-order valence-electron chi connectivity index (χ2n) is 11.7. The lowest BCUT2D eigenvalue weighted by Gasteiger charge is -2.55. The molecule has 0 unspecified atom stereocenters. The maximum atomic E-state index is 13.5. The molecule has 43 heavy (non-hydrogen) atoms. The molecular formula is C30H30N4O7S2. The number of hydrazine groups is 1. The van der Waals surface area contributed by atoms with E-state index < -0.39 is 16.2 Å². The minimum atomic E-state index is -0.546. The molecule has 5 aliphatic rings. The summed E-state index contributed by atoms with van der Waals surface area (Å²) >= 11 is 6.58. The topological polar surface area (TPSA) is 140 Å². The van der Waals surface area contributed by atoms with Gasteiger partial charge in [0.05, 0.1) is 22.4 Å². The number of hydrogen-bond donors (Lipinski definition) is 2. The quantitative estimate of drug-likeness (QED) is 0.170. The lowest BCUT2D eigenvalue weighted by atomic mass is 9.49. The average molecular weight is 623 g/mol. The first kappa shape index (κ1) is 29.1. The summed E-state index contributed by atoms with van der Waals surface area (Å²) < 4.78 is 11.3. The molecule has 2 aromatic rings. The van der Waals surface area contributed by atoms with E-state index in [1.54, 1.807) is 24.3 Å². The number of hydrogen-bond acceptors (Lipinski definition) is 9. The predicted molar refractivity (Wildman–Crippen MR) is 164 cm³/mol. The summed E-state index contributed by atoms with van der Waals surface area (Å²) in [5, 5.41) is 14.7. The van der Waals surface area contributed by atoms with Crippen LogP contribution < -0.4 is 20.2 Å². The van der Waals surface area contributed by atoms with Gasteiger partial charge in [-0.15, -0.1) is 0 Å². The zero-order valence-electron chi connectivity index (χ0n) is 23.4. The van der Waals surface area contributed by atoms with Crippen LogP contribution in [0.2, 0.25) is 0 Å². The molecule has 11 nitrogen and oxygen atoms in total. The molecule has 4 bridgehead atoms. The highest BCUT2D eigenvalue weighted by Crippen LogP contribution is 2.60. The Hall–Kier alpha value is -3.97. The van der Waals surface area contributed by atoms with Crippen LogP contribution in [0.4, 0.5) is 11.4 Å². The molecule has 0 atom stereocenters. The summed E-state index contributed by atoms with van der Waals surface area (Å²) in [6.07, 6.45) is 7.99. The van der Waals surface area contributed by atoms with Gasteiger partial charge in [0, 0.05) is 17.8 Å². The number of carbonyl (C=O) groups excluding carboxylic acids is 3. The molecule has 2 aromatic carbocycles. The largest absolute Gasteiger partial charge is 0.493 e. The molecule has 7 rings (SSSR count). The zero-order valence-corrected chi connectivity index (χ0v) is 25.0. The number of amides is 3. The maximum Gasteiger partial charge on any atom is 0.285 e. The van der Waals surface area contributed by atoms with Crippen molar-refractivity contribution >= 4 is 63.5 Å². The fourth-order valence-corrected chi connectivity index (χ4v) is 8.43. The molecule has 3 amide bonds. The van der Waals surface area contributed by atoms with Gasteiger partial charge in [-0.3, -0.25) is 29.9 Å². The van der Waals surface area contributed by atoms with Crippen molar-refractivity contribution in [3.8, 4) is 11.5 Å². The summed E-state index contributed by atoms with van der Waals surface area (Å²) in [5.74, 6) is 1.45. The van der Waals surface area contributed by atoms with Gasteiger partial charge in [0.1, 0.15) is 0 Å². The normalized spacial score (nSPS) is 26.5. The fourth-order valence-electron chi connectivity index (χ4n) is 7.26. The number of anilines is 1. The van der Waals surface area contributed by atoms with E-state index in [9.17, 15) is 24.5 Å². The smallest absolute Gasteiger partial charge is 0.285 e. The van der Waals surface area contributed by atoms with Crippen LogP contribution in [-0.4, -0.2) is 45.7 Å². The van der Waals surface area contributed by atoms with E-state index in [1.807, 2.05) is 0 Å². The Balaban J connectivity index is 1.09. The number of nitro groups is 1. The van der Waals surface area contributed by atoms with Gasteiger partial charge in [-0.05, 0) is 98.3 Å². The van der Waals surface area contributed by atoms with Gasteiger partial charge < -0.3 is 14.8 Å². The minimum Gasteiger partial charge on any atom is -0.493 e. The van der Waals surface area contributed by atoms with E-state index in [1.165, 1.54) is 55.6 Å². The summed E-state index contributed by atoms with van der Waals surface area (Å²) in [5.41, 5.74) is 3.23. The lowest BCUT2D eigenvalue weighted by molar-refractivity contribution is -0.384. The number of rotatable bonds is 9. The fraction of sp³-hybridized carbons (Fsp3) is 0.400. The van der Waals surface area contributed by atoms with Gasteiger partial charge in [-0.25, -0.2) is 0 Å². The Kier molecular flexibility index (Phi) is 7.86. The van der Waals surface area contributed by atoms with E-state index in [0.29, 0.717) is 39.7 Å². The van der Waals surface area contributed by atoms with Crippen LogP contribution in [0.3, 0.4) is 0 Å². The number of nitro benzene ring substituents is 1. The highest BCUT2D eigenvalue weighted by molar-refractivity contribution is 8.26. The lowest BCUT2D eigenvalue weighted by Crippen LogP contribution is -2.57. The van der Waals surface area contributed by atoms with Crippen molar-refractivity contribution in [3.63, 3.8) is 0 Å². The molecule has 224 valence electrons. The van der Waals surface area contributed by atoms with Gasteiger partial charge in [0.2, 0.25) is 5.91 Å². The Labute approximate surface area is 257 Å². The average Bonchev–Trinajstić information content (AvgIpc) is 3.23. The first-order valence-electron chi connectivity index (χ1n) is 14.1. The minimum absolute atomic E-state index is 0.0955. The second kappa shape index (κ2) is 11.6. The molecule has 1 saturated heterocycles. The predicted octanol–water partition coefficient (Wildman–Crippen LogP) is 5.07. The Morgan fingerprint density at radius 1 is 1.12 bits per heavy atom. The third kappa shape index (κ3) is 5.96. The van der Waals surface area contributed by atoms with Crippen LogP contribution in [0.5, 0.6) is 11.5 Å². The van der Waals surface area contributed by atoms with E-state index in [2.05, 4.69) is 10.7 Å². The number of carbonyl (C=O) groups is 3. The highest BCUT2D eigenvalue weighted by Gasteiger charge is 2.55. The maximum absolute atomic E-state index is 13.5. The monoisotopic (exact) mass is 622 g/mol. The van der Waals surface area contributed by atoms with Gasteiger partial charge in [-0.2, -0.15) is 5.01 Å². The van der Waals surface area contributed by atoms with Crippen LogP contribution in [0.1, 0.15) is 44.1 Å². The van der Waals surface area contributed by atoms with Crippen molar-refractivity contribution in [1.82, 2.24) is 10.4 Å². The summed E-state index contributed by atoms with van der Waals surface area (Å²) in [6.45, 7) is -0.361. The van der Waals surface area contributed by atoms with Crippen LogP contribution in [0.15, 0.2) is 47.4 Å². The number of methoxy groups -OCH3 is 1. The van der Waals surface area contributed by atoms with Gasteiger partial charge in [-0.1, -0.05) is 23.9 Å². The van der Waals surface area contributed by atoms with Crippen LogP contribution in [-0.2, 0) is 14.4 Å². The number of nitrogens with zero attached hydrogens (tertiary/aromatic N) is 2. The zero-order chi connectivity index (χ0) is 30.3. The van der Waals surface area contributed by atoms with Crippen molar-refractivity contribution in [1.29, 1.82) is 0 Å². The molecule has 5 fully saturated rings. The molecule has 4 aliphatic carbocycles. The number of nitrogens with one attached hydrogen (secondary N) is 2. The molecule has 4 saturated carbocycles. The Morgan fingerprint density at radius 2 is 1.81 bits per heavy atom. The SMILES string of the molecule is COc1cc(/C=C2\SC(=S)N(NC(=O)C34CC5CC(CC(C5)C3)C4)C2=O)ccc1OCC(=O)Nc1cccc([N+](=O)[O-])c1. The third-order valence-electron chi connectivity index (χ3n) is 8.71. The first-order chi connectivity index (χ1) is 20.6. The summed E-state index contributed by atoms with van der Waals surface area (Å²) in [4.78, 5) is 49.9. The summed E-state index contributed by atoms with van der Waals surface area (Å²) in [6, 6.07) is 10.6. The molecule has 0 aromatic heterocycles. The second-order valence-corrected chi connectivity index (χ2v) is 13.4. The molecule has 1 aliphatic heterocycles. The van der Waals surface area contributed by atoms with Gasteiger partial charge >= 0.3 is 0 Å². The Bertz CT molecular complexity index is 1520. The van der Waals surface area contributed by atoms with Crippen molar-refractivity contribution in [3.05, 3.63) is 63.0 Å². The number of benzene rings is 2. The van der Waals surface area contributed by atoms with Crippen molar-refractivity contribution in [2.45, 2.75) is 38.5 Å². The first-order valence-corrected chi connectivity index (χ1v) is 15.3. The van der Waals surface area contributed by atoms with E-state index in [0.717, 1.165) is 31.0 Å².